The van der Waals surface area contributed by atoms with E-state index in [0.717, 1.165) is 51.4 Å². The Morgan fingerprint density at radius 2 is 0.736 bits per heavy atom. The Balaban J connectivity index is -0.000000290. The van der Waals surface area contributed by atoms with Crippen molar-refractivity contribution in [1.82, 2.24) is 41.5 Å². The quantitative estimate of drug-likeness (QED) is 0.00957. The van der Waals surface area contributed by atoms with Crippen LogP contribution in [-0.2, 0) is 110 Å². The summed E-state index contributed by atoms with van der Waals surface area (Å²) < 4.78 is 57.7. The number of nitrogens with zero attached hydrogens (tertiary/aromatic N) is 2. The minimum absolute atomic E-state index is 0.00937. The highest BCUT2D eigenvalue weighted by atomic mass is 16.7. The highest BCUT2D eigenvalue weighted by molar-refractivity contribution is 5.83. The predicted octanol–water partition coefficient (Wildman–Crippen LogP) is 13.3. The third-order valence-electron chi connectivity index (χ3n) is 15.4. The maximum Gasteiger partial charge on any atom is 0.419 e. The number of ether oxygens (including phenoxy) is 11. The molecule has 1 aromatic heterocycles. The number of hydrogen-bond donors (Lipinski definition) is 10. The topological polar surface area (TPSA) is 597 Å². The fraction of sp³-hybridized carbons (Fsp3) is 0.782. The molecule has 1 aromatic rings. The van der Waals surface area contributed by atoms with Crippen molar-refractivity contribution < 1.29 is 164 Å². The summed E-state index contributed by atoms with van der Waals surface area (Å²) in [6, 6.07) is -2.47. The first-order chi connectivity index (χ1) is 59.0. The third kappa shape index (κ3) is 93.2. The molecular weight excluding hydrogens is 1700 g/mol. The normalized spacial score (nSPS) is 12.7. The second kappa shape index (κ2) is 70.1. The van der Waals surface area contributed by atoms with Crippen molar-refractivity contribution in [3.63, 3.8) is 0 Å². The van der Waals surface area contributed by atoms with E-state index in [1.807, 2.05) is 116 Å². The Hall–Kier alpha value is -10.8. The minimum Gasteiger partial charge on any atom is -0.481 e. The first kappa shape index (κ1) is 131. The molecule has 1 rings (SSSR count). The number of rotatable bonds is 41. The summed E-state index contributed by atoms with van der Waals surface area (Å²) in [5.74, 6) is -3.69. The molecule has 0 aliphatic carbocycles. The molecule has 0 saturated carbocycles. The van der Waals surface area contributed by atoms with Gasteiger partial charge in [0.15, 0.2) is 6.29 Å². The van der Waals surface area contributed by atoms with Crippen molar-refractivity contribution in [1.29, 1.82) is 0 Å². The molecule has 0 radical (unpaired) electrons. The molecular formula is C87H154N8O34. The molecule has 0 bridgehead atoms. The van der Waals surface area contributed by atoms with E-state index in [9.17, 15) is 67.4 Å². The van der Waals surface area contributed by atoms with Gasteiger partial charge in [-0.15, -0.1) is 0 Å². The summed E-state index contributed by atoms with van der Waals surface area (Å²) in [7, 11) is 0. The van der Waals surface area contributed by atoms with Crippen molar-refractivity contribution in [2.75, 3.05) is 26.2 Å². The molecule has 6 amide bonds. The standard InChI is InChI=1S/C28H52N2O8.C18H31N3O4.C14H29NO3.C13H21NO8.C11H21NO5.3CO2/c1-25(2,3)20(15-13-14-18-29-23(33)38-28(10,11)12)35-24(34)30-19(22(32)37-27(7,8)9)16-17-21(31)36-26(4,5)6;1-17(2,3)14(24-16(23)21-12-11-19-13-21)9-7-8-10-20-15(22)25-18(4,5)6;1-13(2,3)11(16)9-7-8-10-15-12(17)18-14(4,5)6;1-2-3-4-5-11(21-8-15)22-13(20)14-9(12(18)19)6-7-10(16)17;1-11(2,3)17-10(15)12-7-5-4-6-9(14)16-8-13;3*2-1-3/h19-20H,13-18H2,1-12H3,(H,29,33)(H,30,34);11-14H,7-10H2,1-6H3,(H,20,22);11,16H,7-10H2,1-6H3,(H,15,17);8-9,11H,2-7H2,1H3,(H,14,20)(H,16,17)(H,18,19);8-9,14H,4-7H2,1-3H3,(H,12,15);;;/t19-,20-;14-;11-;9-,11-;9-;;;/m00001.../s1. The first-order valence-electron chi connectivity index (χ1n) is 42.4. The van der Waals surface area contributed by atoms with Crippen molar-refractivity contribution in [2.45, 2.75) is 399 Å². The van der Waals surface area contributed by atoms with E-state index in [1.165, 1.54) is 17.1 Å². The lowest BCUT2D eigenvalue weighted by Crippen LogP contribution is -2.46. The number of carbonyl (C=O) groups excluding carboxylic acids is 17. The van der Waals surface area contributed by atoms with Gasteiger partial charge in [-0.2, -0.15) is 28.8 Å². The second-order valence-electron chi connectivity index (χ2n) is 37.9. The van der Waals surface area contributed by atoms with Crippen molar-refractivity contribution in [2.24, 2.45) is 16.2 Å². The van der Waals surface area contributed by atoms with E-state index in [0.29, 0.717) is 77.5 Å². The van der Waals surface area contributed by atoms with E-state index >= 15 is 0 Å². The van der Waals surface area contributed by atoms with Gasteiger partial charge in [0.05, 0.1) is 6.10 Å². The molecule has 0 aliphatic heterocycles. The summed E-state index contributed by atoms with van der Waals surface area (Å²) in [5, 5.41) is 51.7. The summed E-state index contributed by atoms with van der Waals surface area (Å²) in [6.07, 6.45) is 8.61. The number of hydrogen-bond acceptors (Lipinski definition) is 33. The number of nitrogens with one attached hydrogen (secondary N) is 6. The van der Waals surface area contributed by atoms with Crippen LogP contribution in [0.5, 0.6) is 0 Å². The van der Waals surface area contributed by atoms with Gasteiger partial charge >= 0.3 is 85.0 Å². The van der Waals surface area contributed by atoms with Gasteiger partial charge in [0.25, 0.3) is 12.9 Å². The van der Waals surface area contributed by atoms with Gasteiger partial charge in [-0.25, -0.2) is 52.7 Å². The van der Waals surface area contributed by atoms with Crippen LogP contribution in [-0.4, -0.2) is 231 Å². The lowest BCUT2D eigenvalue weighted by Gasteiger charge is -2.31. The molecule has 0 saturated heterocycles. The SMILES string of the molecule is CC(C)(C)OC(=O)CC[C@H](NC(=O)O[C@@H](CCCCNC(=O)OC(C)(C)C)C(C)(C)C)C(=O)OC(C)(C)C.CC(C)(C)OC(=O)NCCCC[C@H](O)C(C)(C)C.CC(C)(C)OC(=O)NCCCC[C@H](O)OC=O.CC(C)(C)OC(=O)NCCCC[C@H](OC(=O)n1ccnc1)C(C)(C)C.CCCCC[C@@H](OC=O)OC(=O)N[C@@H](CCC(=O)O)C(=O)O.O=C=O.O=C=O.O=C=O. The number of alkyl carbamates (subject to hydrolysis) is 6. The van der Waals surface area contributed by atoms with Gasteiger partial charge in [-0.05, 0) is 231 Å². The summed E-state index contributed by atoms with van der Waals surface area (Å²) in [5.41, 5.74) is -4.05. The summed E-state index contributed by atoms with van der Waals surface area (Å²) >= 11 is 0. The zero-order valence-corrected chi connectivity index (χ0v) is 81.3. The van der Waals surface area contributed by atoms with Gasteiger partial charge in [0.2, 0.25) is 6.29 Å². The number of aliphatic hydroxyl groups is 2. The fourth-order valence-electron chi connectivity index (χ4n) is 9.47. The highest BCUT2D eigenvalue weighted by Gasteiger charge is 2.34. The Morgan fingerprint density at radius 3 is 1.06 bits per heavy atom. The fourth-order valence-corrected chi connectivity index (χ4v) is 9.47. The number of carbonyl (C=O) groups is 13. The van der Waals surface area contributed by atoms with Crippen molar-refractivity contribution in [3.05, 3.63) is 18.7 Å². The number of aliphatic carboxylic acids is 2. The van der Waals surface area contributed by atoms with Crippen LogP contribution in [0.15, 0.2) is 18.7 Å². The molecule has 7 atom stereocenters. The smallest absolute Gasteiger partial charge is 0.419 e. The molecule has 1 heterocycles. The van der Waals surface area contributed by atoms with E-state index in [2.05, 4.69) is 41.0 Å². The van der Waals surface area contributed by atoms with Crippen LogP contribution in [0.4, 0.5) is 33.6 Å². The molecule has 42 nitrogen and oxygen atoms in total. The van der Waals surface area contributed by atoms with Gasteiger partial charge < -0.3 is 104 Å². The maximum absolute atomic E-state index is 12.8. The average Bonchev–Trinajstić information content (AvgIpc) is 1.61. The van der Waals surface area contributed by atoms with Crippen LogP contribution in [0.3, 0.4) is 0 Å². The average molecular weight is 1860 g/mol. The zero-order valence-electron chi connectivity index (χ0n) is 81.3. The van der Waals surface area contributed by atoms with Crippen LogP contribution in [0, 0.1) is 16.2 Å². The molecule has 42 heteroatoms. The number of unbranched alkanes of at least 4 members (excludes halogenated alkanes) is 6. The van der Waals surface area contributed by atoms with E-state index in [1.54, 1.807) is 89.3 Å². The van der Waals surface area contributed by atoms with E-state index in [-0.39, 0.29) is 85.2 Å². The predicted molar refractivity (Wildman–Crippen MR) is 464 cm³/mol. The molecule has 10 N–H and O–H groups in total. The lowest BCUT2D eigenvalue weighted by molar-refractivity contribution is -0.193. The van der Waals surface area contributed by atoms with Crippen LogP contribution in [0.2, 0.25) is 0 Å². The third-order valence-corrected chi connectivity index (χ3v) is 15.4. The van der Waals surface area contributed by atoms with Gasteiger partial charge in [0, 0.05) is 64.3 Å². The summed E-state index contributed by atoms with van der Waals surface area (Å²) in [4.78, 5) is 202. The minimum atomic E-state index is -1.39. The van der Waals surface area contributed by atoms with Crippen LogP contribution in [0.25, 0.3) is 0 Å². The number of carboxylic acid groups (broad SMARTS) is 2. The second-order valence-corrected chi connectivity index (χ2v) is 37.9. The van der Waals surface area contributed by atoms with Crippen LogP contribution >= 0.6 is 0 Å². The zero-order chi connectivity index (χ0) is 102. The van der Waals surface area contributed by atoms with E-state index in [4.69, 9.17) is 86.7 Å². The largest absolute Gasteiger partial charge is 0.481 e. The molecule has 0 fully saturated rings. The van der Waals surface area contributed by atoms with Gasteiger partial charge in [-0.3, -0.25) is 19.2 Å². The van der Waals surface area contributed by atoms with Gasteiger partial charge in [-0.1, -0.05) is 82.1 Å². The Labute approximate surface area is 760 Å². The Morgan fingerprint density at radius 1 is 0.395 bits per heavy atom. The van der Waals surface area contributed by atoms with Crippen LogP contribution < -0.4 is 31.9 Å². The number of aromatic nitrogens is 2. The number of amides is 6. The first-order valence-corrected chi connectivity index (χ1v) is 42.4. The summed E-state index contributed by atoms with van der Waals surface area (Å²) in [6.45, 7) is 54.6. The number of carboxylic acids is 2. The number of aliphatic hydroxyl groups excluding tert-OH is 2. The highest BCUT2D eigenvalue weighted by Crippen LogP contribution is 2.29. The number of imidazole rings is 1. The Kier molecular flexibility index (Phi) is 71.4. The van der Waals surface area contributed by atoms with Gasteiger partial charge in [0.1, 0.15) is 64.2 Å². The van der Waals surface area contributed by atoms with E-state index < -0.39 is 131 Å². The Bertz CT molecular complexity index is 3390. The maximum atomic E-state index is 12.8. The molecule has 746 valence electrons. The monoisotopic (exact) mass is 1860 g/mol. The lowest BCUT2D eigenvalue weighted by atomic mass is 9.86. The van der Waals surface area contributed by atoms with Crippen molar-refractivity contribution >= 4 is 97.9 Å². The molecule has 0 spiro atoms. The molecule has 129 heavy (non-hydrogen) atoms. The molecule has 0 aromatic carbocycles. The number of esters is 2. The van der Waals surface area contributed by atoms with Crippen molar-refractivity contribution in [3.8, 4) is 0 Å². The molecule has 0 aliphatic rings. The van der Waals surface area contributed by atoms with Crippen LogP contribution in [0.1, 0.15) is 322 Å². The molecule has 0 unspecified atom stereocenters.